The lowest BCUT2D eigenvalue weighted by Gasteiger charge is -2.32. The number of hydrogen-bond acceptors (Lipinski definition) is 5. The zero-order chi connectivity index (χ0) is 19.3. The number of ether oxygens (including phenoxy) is 1. The molecule has 6 nitrogen and oxygen atoms in total. The summed E-state index contributed by atoms with van der Waals surface area (Å²) >= 11 is 1.37. The molecule has 1 saturated heterocycles. The molecule has 2 amide bonds. The van der Waals surface area contributed by atoms with Gasteiger partial charge in [-0.2, -0.15) is 0 Å². The topological polar surface area (TPSA) is 70.7 Å². The van der Waals surface area contributed by atoms with Gasteiger partial charge in [0.25, 0.3) is 5.91 Å². The fourth-order valence-electron chi connectivity index (χ4n) is 3.35. The number of anilines is 1. The first-order valence-corrected chi connectivity index (χ1v) is 10.6. The number of rotatable bonds is 7. The number of nitrogens with one attached hydrogen (secondary N) is 2. The lowest BCUT2D eigenvalue weighted by atomic mass is 10.1. The van der Waals surface area contributed by atoms with Crippen LogP contribution in [-0.4, -0.2) is 48.6 Å². The highest BCUT2D eigenvalue weighted by Crippen LogP contribution is 2.26. The van der Waals surface area contributed by atoms with Crippen LogP contribution >= 0.6 is 11.3 Å². The fraction of sp³-hybridized carbons (Fsp3) is 0.429. The molecule has 2 heterocycles. The largest absolute Gasteiger partial charge is 0.375 e. The normalized spacial score (nSPS) is 19.9. The highest BCUT2D eigenvalue weighted by molar-refractivity contribution is 7.14. The van der Waals surface area contributed by atoms with Gasteiger partial charge < -0.3 is 15.4 Å². The standard InChI is InChI=1S/C21H25N3O3S/c25-19(23-21-18(8-11-28-21)20(26)22-16-6-7-16)12-17-14-24(9-10-27-17)13-15-4-2-1-3-5-15/h1-5,8,11,16-17H,6-7,9-10,12-14H2,(H,22,26)(H,23,25). The maximum absolute atomic E-state index is 12.5. The second-order valence-electron chi connectivity index (χ2n) is 7.38. The Morgan fingerprint density at radius 1 is 1.18 bits per heavy atom. The Kier molecular flexibility index (Phi) is 6.04. The molecule has 7 heteroatoms. The Morgan fingerprint density at radius 3 is 2.79 bits per heavy atom. The molecule has 2 N–H and O–H groups in total. The van der Waals surface area contributed by atoms with Crippen LogP contribution in [-0.2, 0) is 16.1 Å². The summed E-state index contributed by atoms with van der Waals surface area (Å²) in [5.74, 6) is -0.225. The molecule has 2 aliphatic rings. The smallest absolute Gasteiger partial charge is 0.254 e. The molecule has 0 spiro atoms. The van der Waals surface area contributed by atoms with Gasteiger partial charge in [0.05, 0.1) is 24.7 Å². The minimum absolute atomic E-state index is 0.109. The van der Waals surface area contributed by atoms with Crippen LogP contribution in [0.4, 0.5) is 5.00 Å². The average Bonchev–Trinajstić information content (AvgIpc) is 3.38. The molecule has 0 radical (unpaired) electrons. The van der Waals surface area contributed by atoms with E-state index in [0.29, 0.717) is 23.2 Å². The van der Waals surface area contributed by atoms with E-state index >= 15 is 0 Å². The first-order valence-electron chi connectivity index (χ1n) is 9.73. The number of hydrogen-bond donors (Lipinski definition) is 2. The molecule has 4 rings (SSSR count). The number of carbonyl (C=O) groups is 2. The van der Waals surface area contributed by atoms with E-state index in [-0.39, 0.29) is 24.3 Å². The molecule has 2 fully saturated rings. The van der Waals surface area contributed by atoms with Gasteiger partial charge in [0.2, 0.25) is 5.91 Å². The van der Waals surface area contributed by atoms with Crippen LogP contribution in [0.1, 0.15) is 35.2 Å². The predicted octanol–water partition coefficient (Wildman–Crippen LogP) is 2.87. The van der Waals surface area contributed by atoms with Crippen LogP contribution in [0.2, 0.25) is 0 Å². The third kappa shape index (κ3) is 5.19. The van der Waals surface area contributed by atoms with Crippen LogP contribution in [0.5, 0.6) is 0 Å². The van der Waals surface area contributed by atoms with Gasteiger partial charge in [-0.3, -0.25) is 14.5 Å². The van der Waals surface area contributed by atoms with Crippen LogP contribution in [0.15, 0.2) is 41.8 Å². The zero-order valence-corrected chi connectivity index (χ0v) is 16.5. The monoisotopic (exact) mass is 399 g/mol. The lowest BCUT2D eigenvalue weighted by molar-refractivity contribution is -0.121. The molecule has 1 aliphatic heterocycles. The van der Waals surface area contributed by atoms with Crippen molar-refractivity contribution in [2.45, 2.75) is 38.0 Å². The van der Waals surface area contributed by atoms with Crippen molar-refractivity contribution in [3.05, 3.63) is 52.9 Å². The van der Waals surface area contributed by atoms with E-state index in [1.54, 1.807) is 6.07 Å². The first kappa shape index (κ1) is 19.1. The summed E-state index contributed by atoms with van der Waals surface area (Å²) in [6.07, 6.45) is 2.22. The van der Waals surface area contributed by atoms with E-state index in [1.165, 1.54) is 16.9 Å². The molecule has 2 aromatic rings. The van der Waals surface area contributed by atoms with Crippen molar-refractivity contribution >= 4 is 28.2 Å². The van der Waals surface area contributed by atoms with Crippen molar-refractivity contribution in [2.24, 2.45) is 0 Å². The summed E-state index contributed by atoms with van der Waals surface area (Å²) in [4.78, 5) is 27.1. The van der Waals surface area contributed by atoms with Gasteiger partial charge in [-0.15, -0.1) is 11.3 Å². The fourth-order valence-corrected chi connectivity index (χ4v) is 4.15. The second kappa shape index (κ2) is 8.86. The van der Waals surface area contributed by atoms with E-state index in [0.717, 1.165) is 32.5 Å². The third-order valence-electron chi connectivity index (χ3n) is 4.96. The summed E-state index contributed by atoms with van der Waals surface area (Å²) in [5.41, 5.74) is 1.80. The molecule has 1 aromatic heterocycles. The quantitative estimate of drug-likeness (QED) is 0.751. The lowest BCUT2D eigenvalue weighted by Crippen LogP contribution is -2.43. The molecule has 1 aliphatic carbocycles. The first-order chi connectivity index (χ1) is 13.7. The Balaban J connectivity index is 1.29. The van der Waals surface area contributed by atoms with Gasteiger partial charge in [-0.25, -0.2) is 0 Å². The molecule has 1 aromatic carbocycles. The van der Waals surface area contributed by atoms with Crippen molar-refractivity contribution in [1.82, 2.24) is 10.2 Å². The van der Waals surface area contributed by atoms with E-state index in [4.69, 9.17) is 4.74 Å². The Bertz CT molecular complexity index is 819. The van der Waals surface area contributed by atoms with Gasteiger partial charge >= 0.3 is 0 Å². The van der Waals surface area contributed by atoms with Crippen molar-refractivity contribution in [2.75, 3.05) is 25.0 Å². The van der Waals surface area contributed by atoms with E-state index in [1.807, 2.05) is 23.6 Å². The SMILES string of the molecule is O=C(CC1CN(Cc2ccccc2)CCO1)Nc1sccc1C(=O)NC1CC1. The maximum atomic E-state index is 12.5. The Hall–Kier alpha value is -2.22. The van der Waals surface area contributed by atoms with E-state index in [2.05, 4.69) is 27.7 Å². The van der Waals surface area contributed by atoms with Crippen molar-refractivity contribution in [3.63, 3.8) is 0 Å². The maximum Gasteiger partial charge on any atom is 0.254 e. The van der Waals surface area contributed by atoms with Crippen LogP contribution in [0.25, 0.3) is 0 Å². The number of amides is 2. The average molecular weight is 400 g/mol. The van der Waals surface area contributed by atoms with Crippen molar-refractivity contribution in [3.8, 4) is 0 Å². The third-order valence-corrected chi connectivity index (χ3v) is 5.79. The van der Waals surface area contributed by atoms with Crippen LogP contribution in [0, 0.1) is 0 Å². The number of thiophene rings is 1. The zero-order valence-electron chi connectivity index (χ0n) is 15.7. The second-order valence-corrected chi connectivity index (χ2v) is 8.29. The van der Waals surface area contributed by atoms with E-state index in [9.17, 15) is 9.59 Å². The molecule has 0 bridgehead atoms. The van der Waals surface area contributed by atoms with Crippen molar-refractivity contribution in [1.29, 1.82) is 0 Å². The Labute approximate surface area is 168 Å². The molecule has 1 saturated carbocycles. The van der Waals surface area contributed by atoms with Crippen LogP contribution < -0.4 is 10.6 Å². The summed E-state index contributed by atoms with van der Waals surface area (Å²) in [6, 6.07) is 12.4. The molecular weight excluding hydrogens is 374 g/mol. The molecule has 1 unspecified atom stereocenters. The highest BCUT2D eigenvalue weighted by atomic mass is 32.1. The number of morpholine rings is 1. The minimum atomic E-state index is -0.138. The van der Waals surface area contributed by atoms with E-state index < -0.39 is 0 Å². The number of carbonyl (C=O) groups excluding carboxylic acids is 2. The molecular formula is C21H25N3O3S. The molecule has 1 atom stereocenters. The van der Waals surface area contributed by atoms with Crippen molar-refractivity contribution < 1.29 is 14.3 Å². The van der Waals surface area contributed by atoms with Gasteiger partial charge in [0.1, 0.15) is 5.00 Å². The number of benzene rings is 1. The molecule has 148 valence electrons. The minimum Gasteiger partial charge on any atom is -0.375 e. The van der Waals surface area contributed by atoms with Gasteiger partial charge in [0, 0.05) is 25.7 Å². The number of nitrogens with zero attached hydrogens (tertiary/aromatic N) is 1. The highest BCUT2D eigenvalue weighted by Gasteiger charge is 2.27. The van der Waals surface area contributed by atoms with Gasteiger partial charge in [-0.1, -0.05) is 30.3 Å². The summed E-state index contributed by atoms with van der Waals surface area (Å²) in [6.45, 7) is 3.07. The predicted molar refractivity (Wildman–Crippen MR) is 110 cm³/mol. The Morgan fingerprint density at radius 2 is 2.00 bits per heavy atom. The van der Waals surface area contributed by atoms with Gasteiger partial charge in [0.15, 0.2) is 0 Å². The van der Waals surface area contributed by atoms with Crippen LogP contribution in [0.3, 0.4) is 0 Å². The summed E-state index contributed by atoms with van der Waals surface area (Å²) in [5, 5.41) is 8.30. The molecule has 28 heavy (non-hydrogen) atoms. The summed E-state index contributed by atoms with van der Waals surface area (Å²) in [7, 11) is 0. The van der Waals surface area contributed by atoms with Gasteiger partial charge in [-0.05, 0) is 29.9 Å². The summed E-state index contributed by atoms with van der Waals surface area (Å²) < 4.78 is 5.80.